The third kappa shape index (κ3) is 2.08. The first kappa shape index (κ1) is 9.27. The normalized spacial score (nSPS) is 10.5. The Morgan fingerprint density at radius 3 is 2.75 bits per heavy atom. The molecule has 12 heavy (non-hydrogen) atoms. The fourth-order valence-corrected chi connectivity index (χ4v) is 1.62. The maximum Gasteiger partial charge on any atom is 0.0250 e. The highest BCUT2D eigenvalue weighted by Gasteiger charge is 1.96. The van der Waals surface area contributed by atoms with E-state index in [4.69, 9.17) is 0 Å². The van der Waals surface area contributed by atoms with E-state index in [9.17, 15) is 0 Å². The van der Waals surface area contributed by atoms with Crippen LogP contribution in [0.2, 0.25) is 0 Å². The maximum atomic E-state index is 3.63. The third-order valence-electron chi connectivity index (χ3n) is 1.67. The predicted molar refractivity (Wildman–Crippen MR) is 58.1 cm³/mol. The van der Waals surface area contributed by atoms with Crippen LogP contribution >= 0.6 is 15.9 Å². The second kappa shape index (κ2) is 4.27. The lowest BCUT2D eigenvalue weighted by Crippen LogP contribution is -1.80. The van der Waals surface area contributed by atoms with Crippen molar-refractivity contribution in [3.8, 4) is 0 Å². The van der Waals surface area contributed by atoms with Crippen LogP contribution in [-0.4, -0.2) is 0 Å². The highest BCUT2D eigenvalue weighted by atomic mass is 79.9. The Morgan fingerprint density at radius 2 is 2.17 bits per heavy atom. The van der Waals surface area contributed by atoms with Crippen molar-refractivity contribution in [3.05, 3.63) is 52.5 Å². The molecule has 0 saturated heterocycles. The molecule has 0 unspecified atom stereocenters. The lowest BCUT2D eigenvalue weighted by atomic mass is 10.1. The molecule has 0 aliphatic heterocycles. The van der Waals surface area contributed by atoms with Gasteiger partial charge >= 0.3 is 0 Å². The van der Waals surface area contributed by atoms with Gasteiger partial charge in [-0.1, -0.05) is 52.9 Å². The van der Waals surface area contributed by atoms with Crippen molar-refractivity contribution in [1.29, 1.82) is 0 Å². The van der Waals surface area contributed by atoms with Gasteiger partial charge in [-0.2, -0.15) is 0 Å². The monoisotopic (exact) mass is 222 g/mol. The molecule has 1 aromatic carbocycles. The molecular weight excluding hydrogens is 212 g/mol. The van der Waals surface area contributed by atoms with Crippen LogP contribution < -0.4 is 0 Å². The van der Waals surface area contributed by atoms with Gasteiger partial charge in [0.15, 0.2) is 0 Å². The summed E-state index contributed by atoms with van der Waals surface area (Å²) in [5.74, 6) is 0. The predicted octanol–water partition coefficient (Wildman–Crippen LogP) is 3.96. The number of hydrogen-bond acceptors (Lipinski definition) is 0. The van der Waals surface area contributed by atoms with Gasteiger partial charge in [0, 0.05) is 4.47 Å². The minimum atomic E-state index is 1.13. The molecule has 0 atom stereocenters. The Balaban J connectivity index is 3.12. The molecule has 0 spiro atoms. The van der Waals surface area contributed by atoms with Crippen LogP contribution in [0.25, 0.3) is 6.08 Å². The van der Waals surface area contributed by atoms with Crippen molar-refractivity contribution >= 4 is 22.0 Å². The molecule has 0 saturated carbocycles. The smallest absolute Gasteiger partial charge is 0.0250 e. The number of aryl methyl sites for hydroxylation is 1. The van der Waals surface area contributed by atoms with E-state index in [1.165, 1.54) is 11.1 Å². The van der Waals surface area contributed by atoms with E-state index >= 15 is 0 Å². The summed E-state index contributed by atoms with van der Waals surface area (Å²) in [6.07, 6.45) is 5.76. The zero-order valence-electron chi connectivity index (χ0n) is 7.05. The Labute approximate surface area is 81.7 Å². The van der Waals surface area contributed by atoms with Gasteiger partial charge in [0.2, 0.25) is 0 Å². The van der Waals surface area contributed by atoms with Crippen LogP contribution in [0.1, 0.15) is 11.1 Å². The number of halogens is 1. The quantitative estimate of drug-likeness (QED) is 0.665. The van der Waals surface area contributed by atoms with Crippen LogP contribution in [0.15, 0.2) is 41.4 Å². The number of benzene rings is 1. The molecule has 0 aliphatic rings. The Bertz CT molecular complexity index is 291. The molecule has 0 N–H and O–H groups in total. The summed E-state index contributed by atoms with van der Waals surface area (Å²) in [4.78, 5) is 0. The van der Waals surface area contributed by atoms with Crippen molar-refractivity contribution in [2.75, 3.05) is 0 Å². The molecule has 0 amide bonds. The number of hydrogen-bond donors (Lipinski definition) is 0. The topological polar surface area (TPSA) is 0 Å². The number of rotatable bonds is 2. The second-order valence-corrected chi connectivity index (χ2v) is 3.42. The van der Waals surface area contributed by atoms with E-state index in [0.29, 0.717) is 0 Å². The van der Waals surface area contributed by atoms with Crippen molar-refractivity contribution in [2.45, 2.75) is 6.92 Å². The van der Waals surface area contributed by atoms with Crippen LogP contribution in [0.3, 0.4) is 0 Å². The average molecular weight is 223 g/mol. The van der Waals surface area contributed by atoms with Gasteiger partial charge in [-0.05, 0) is 24.1 Å². The molecule has 1 rings (SSSR count). The molecule has 0 heterocycles. The first-order valence-corrected chi connectivity index (χ1v) is 4.59. The van der Waals surface area contributed by atoms with E-state index in [-0.39, 0.29) is 0 Å². The first-order valence-electron chi connectivity index (χ1n) is 3.80. The van der Waals surface area contributed by atoms with Gasteiger partial charge in [0.25, 0.3) is 0 Å². The molecule has 0 nitrogen and oxygen atoms in total. The Hall–Kier alpha value is -0.820. The van der Waals surface area contributed by atoms with E-state index in [2.05, 4.69) is 35.5 Å². The second-order valence-electron chi connectivity index (χ2n) is 2.57. The van der Waals surface area contributed by atoms with Crippen LogP contribution in [-0.2, 0) is 0 Å². The fourth-order valence-electron chi connectivity index (χ4n) is 1.02. The summed E-state index contributed by atoms with van der Waals surface area (Å²) in [7, 11) is 0. The van der Waals surface area contributed by atoms with Gasteiger partial charge in [-0.3, -0.25) is 0 Å². The molecule has 1 aromatic rings. The number of allylic oxidation sites excluding steroid dienone is 2. The van der Waals surface area contributed by atoms with Crippen molar-refractivity contribution in [1.82, 2.24) is 0 Å². The van der Waals surface area contributed by atoms with Gasteiger partial charge in [-0.25, -0.2) is 0 Å². The summed E-state index contributed by atoms with van der Waals surface area (Å²) < 4.78 is 1.13. The van der Waals surface area contributed by atoms with E-state index in [1.54, 1.807) is 6.08 Å². The summed E-state index contributed by atoms with van der Waals surface area (Å²) in [5.41, 5.74) is 2.49. The maximum absolute atomic E-state index is 3.63. The minimum Gasteiger partial charge on any atom is -0.0991 e. The highest BCUT2D eigenvalue weighted by Crippen LogP contribution is 2.21. The summed E-state index contributed by atoms with van der Waals surface area (Å²) >= 11 is 3.49. The third-order valence-corrected chi connectivity index (χ3v) is 2.36. The summed E-state index contributed by atoms with van der Waals surface area (Å²) in [6.45, 7) is 5.72. The van der Waals surface area contributed by atoms with Crippen LogP contribution in [0, 0.1) is 6.92 Å². The van der Waals surface area contributed by atoms with Crippen molar-refractivity contribution in [2.24, 2.45) is 0 Å². The first-order chi connectivity index (χ1) is 5.75. The molecule has 0 aromatic heterocycles. The molecular formula is C11H11Br. The molecule has 0 aliphatic carbocycles. The largest absolute Gasteiger partial charge is 0.0991 e. The van der Waals surface area contributed by atoms with Crippen molar-refractivity contribution < 1.29 is 0 Å². The van der Waals surface area contributed by atoms with Gasteiger partial charge in [-0.15, -0.1) is 0 Å². The van der Waals surface area contributed by atoms with E-state index in [1.807, 2.05) is 24.3 Å². The molecule has 62 valence electrons. The highest BCUT2D eigenvalue weighted by molar-refractivity contribution is 9.10. The zero-order valence-corrected chi connectivity index (χ0v) is 8.64. The van der Waals surface area contributed by atoms with Gasteiger partial charge in [0.1, 0.15) is 0 Å². The fraction of sp³-hybridized carbons (Fsp3) is 0.0909. The van der Waals surface area contributed by atoms with Crippen LogP contribution in [0.4, 0.5) is 0 Å². The molecule has 0 radical (unpaired) electrons. The van der Waals surface area contributed by atoms with Crippen LogP contribution in [0.5, 0.6) is 0 Å². The molecule has 0 fully saturated rings. The zero-order chi connectivity index (χ0) is 8.97. The standard InChI is InChI=1S/C11H11Br/c1-3-4-7-10-9(2)6-5-8-11(10)12/h3-8H,1H2,2H3/b7-4-. The summed E-state index contributed by atoms with van der Waals surface area (Å²) in [6, 6.07) is 6.16. The Morgan fingerprint density at radius 1 is 1.42 bits per heavy atom. The lowest BCUT2D eigenvalue weighted by molar-refractivity contribution is 1.42. The van der Waals surface area contributed by atoms with Gasteiger partial charge < -0.3 is 0 Å². The van der Waals surface area contributed by atoms with Gasteiger partial charge in [0.05, 0.1) is 0 Å². The summed E-state index contributed by atoms with van der Waals surface area (Å²) in [5, 5.41) is 0. The minimum absolute atomic E-state index is 1.13. The van der Waals surface area contributed by atoms with Crippen molar-refractivity contribution in [3.63, 3.8) is 0 Å². The average Bonchev–Trinajstić information content (AvgIpc) is 2.04. The Kier molecular flexibility index (Phi) is 3.30. The van der Waals surface area contributed by atoms with E-state index in [0.717, 1.165) is 4.47 Å². The van der Waals surface area contributed by atoms with E-state index < -0.39 is 0 Å². The molecule has 0 bridgehead atoms. The lowest BCUT2D eigenvalue weighted by Gasteiger charge is -2.01. The SMILES string of the molecule is C=C/C=C\c1c(C)cccc1Br. The molecule has 1 heteroatoms.